The van der Waals surface area contributed by atoms with Crippen molar-refractivity contribution in [2.24, 2.45) is 5.92 Å². The van der Waals surface area contributed by atoms with Gasteiger partial charge in [-0.15, -0.1) is 0 Å². The summed E-state index contributed by atoms with van der Waals surface area (Å²) in [6.07, 6.45) is 18.0. The fourth-order valence-electron chi connectivity index (χ4n) is 4.22. The second kappa shape index (κ2) is 18.0. The Labute approximate surface area is 189 Å². The normalized spacial score (nSPS) is 18.7. The van der Waals surface area contributed by atoms with Gasteiger partial charge in [-0.05, 0) is 19.3 Å². The van der Waals surface area contributed by atoms with Gasteiger partial charge in [0.2, 0.25) is 6.41 Å². The lowest BCUT2D eigenvalue weighted by molar-refractivity contribution is -0.190. The Balaban J connectivity index is 2.36. The molecule has 0 unspecified atom stereocenters. The molecule has 1 fully saturated rings. The van der Waals surface area contributed by atoms with Gasteiger partial charge in [0.15, 0.2) is 0 Å². The minimum Gasteiger partial charge on any atom is -0.461 e. The molecule has 1 heterocycles. The maximum absolute atomic E-state index is 12.0. The lowest BCUT2D eigenvalue weighted by Crippen LogP contribution is -2.47. The number of carbonyl (C=O) groups excluding carboxylic acids is 3. The summed E-state index contributed by atoms with van der Waals surface area (Å²) in [5, 5.41) is 2.35. The number of hydrogen-bond acceptors (Lipinski definition) is 5. The molecule has 1 rings (SSSR count). The van der Waals surface area contributed by atoms with Crippen LogP contribution < -0.4 is 5.32 Å². The van der Waals surface area contributed by atoms with E-state index < -0.39 is 5.97 Å². The highest BCUT2D eigenvalue weighted by Crippen LogP contribution is 2.32. The first kappa shape index (κ1) is 27.4. The molecular weight excluding hydrogens is 394 g/mol. The molecule has 1 saturated heterocycles. The van der Waals surface area contributed by atoms with Crippen LogP contribution in [0.4, 0.5) is 0 Å². The van der Waals surface area contributed by atoms with E-state index in [9.17, 15) is 14.4 Å². The number of carbonyl (C=O) groups is 3. The number of amides is 1. The summed E-state index contributed by atoms with van der Waals surface area (Å²) >= 11 is 0. The Hall–Kier alpha value is -1.59. The van der Waals surface area contributed by atoms with E-state index in [0.717, 1.165) is 38.5 Å². The van der Waals surface area contributed by atoms with E-state index >= 15 is 0 Å². The van der Waals surface area contributed by atoms with Gasteiger partial charge < -0.3 is 14.8 Å². The van der Waals surface area contributed by atoms with Crippen molar-refractivity contribution >= 4 is 18.3 Å². The van der Waals surface area contributed by atoms with Gasteiger partial charge in [-0.25, -0.2) is 0 Å². The highest BCUT2D eigenvalue weighted by atomic mass is 16.6. The van der Waals surface area contributed by atoms with Crippen molar-refractivity contribution in [3.8, 4) is 0 Å². The lowest BCUT2D eigenvalue weighted by Gasteiger charge is -2.37. The Bertz CT molecular complexity index is 496. The van der Waals surface area contributed by atoms with Gasteiger partial charge in [0, 0.05) is 6.42 Å². The van der Waals surface area contributed by atoms with Crippen LogP contribution in [0.5, 0.6) is 0 Å². The quantitative estimate of drug-likeness (QED) is 0.146. The van der Waals surface area contributed by atoms with Crippen LogP contribution in [-0.2, 0) is 23.9 Å². The number of nitrogens with one attached hydrogen (secondary N) is 1. The van der Waals surface area contributed by atoms with Crippen molar-refractivity contribution in [2.75, 3.05) is 6.54 Å². The third-order valence-corrected chi connectivity index (χ3v) is 6.14. The minimum atomic E-state index is -0.432. The van der Waals surface area contributed by atoms with Gasteiger partial charge in [0.1, 0.15) is 18.8 Å². The Morgan fingerprint density at radius 3 is 2.13 bits per heavy atom. The smallest absolute Gasteiger partial charge is 0.325 e. The van der Waals surface area contributed by atoms with Crippen LogP contribution >= 0.6 is 0 Å². The minimum absolute atomic E-state index is 0.0609. The monoisotopic (exact) mass is 439 g/mol. The molecule has 6 nitrogen and oxygen atoms in total. The largest absolute Gasteiger partial charge is 0.461 e. The van der Waals surface area contributed by atoms with Crippen molar-refractivity contribution in [2.45, 2.75) is 129 Å². The summed E-state index contributed by atoms with van der Waals surface area (Å²) in [5.41, 5.74) is 0. The zero-order chi connectivity index (χ0) is 22.7. The molecule has 0 aromatic rings. The number of rotatable bonds is 21. The zero-order valence-electron chi connectivity index (χ0n) is 19.9. The highest BCUT2D eigenvalue weighted by molar-refractivity contribution is 5.78. The van der Waals surface area contributed by atoms with E-state index in [-0.39, 0.29) is 30.6 Å². The number of esters is 2. The molecule has 0 radical (unpaired) electrons. The molecule has 0 saturated carbocycles. The third kappa shape index (κ3) is 12.8. The van der Waals surface area contributed by atoms with Gasteiger partial charge in [-0.3, -0.25) is 14.4 Å². The van der Waals surface area contributed by atoms with E-state index in [1.165, 1.54) is 57.8 Å². The van der Waals surface area contributed by atoms with Crippen LogP contribution in [-0.4, -0.2) is 37.1 Å². The standard InChI is InChI=1S/C25H45NO5/c1-3-5-7-9-10-11-12-13-14-16-21(30-24(28)19-26-20-27)18-23-22(25(29)31-23)17-15-8-6-4-2/h20-23H,3-19H2,1-2H3,(H,26,27)/t21-,22+,23+/m1/s1. The molecule has 0 spiro atoms. The predicted molar refractivity (Wildman–Crippen MR) is 123 cm³/mol. The molecule has 1 N–H and O–H groups in total. The van der Waals surface area contributed by atoms with E-state index in [1.54, 1.807) is 0 Å². The van der Waals surface area contributed by atoms with Crippen LogP contribution in [0.1, 0.15) is 117 Å². The average molecular weight is 440 g/mol. The van der Waals surface area contributed by atoms with E-state index in [0.29, 0.717) is 12.8 Å². The summed E-state index contributed by atoms with van der Waals surface area (Å²) in [6.45, 7) is 4.28. The molecule has 1 amide bonds. The number of unbranched alkanes of at least 4 members (excludes halogenated alkanes) is 11. The fraction of sp³-hybridized carbons (Fsp3) is 0.880. The van der Waals surface area contributed by atoms with Gasteiger partial charge in [0.25, 0.3) is 0 Å². The highest BCUT2D eigenvalue weighted by Gasteiger charge is 2.43. The van der Waals surface area contributed by atoms with Crippen molar-refractivity contribution in [3.05, 3.63) is 0 Å². The predicted octanol–water partition coefficient (Wildman–Crippen LogP) is 5.47. The Morgan fingerprint density at radius 2 is 1.55 bits per heavy atom. The molecule has 0 bridgehead atoms. The van der Waals surface area contributed by atoms with E-state index in [1.807, 2.05) is 0 Å². The number of hydrogen-bond donors (Lipinski definition) is 1. The fourth-order valence-corrected chi connectivity index (χ4v) is 4.22. The molecule has 0 aliphatic carbocycles. The SMILES string of the molecule is CCCCCCCCCCC[C@H](C[C@@H]1OC(=O)[C@H]1CCCCCC)OC(=O)CNC=O. The van der Waals surface area contributed by atoms with Gasteiger partial charge in [0.05, 0.1) is 5.92 Å². The van der Waals surface area contributed by atoms with Gasteiger partial charge in [-0.1, -0.05) is 90.9 Å². The van der Waals surface area contributed by atoms with Gasteiger partial charge in [-0.2, -0.15) is 0 Å². The van der Waals surface area contributed by atoms with E-state index in [4.69, 9.17) is 9.47 Å². The second-order valence-corrected chi connectivity index (χ2v) is 8.89. The van der Waals surface area contributed by atoms with Crippen molar-refractivity contribution in [3.63, 3.8) is 0 Å². The van der Waals surface area contributed by atoms with Crippen LogP contribution in [0.15, 0.2) is 0 Å². The van der Waals surface area contributed by atoms with Crippen molar-refractivity contribution < 1.29 is 23.9 Å². The Kier molecular flexibility index (Phi) is 16.0. The van der Waals surface area contributed by atoms with Crippen LogP contribution in [0, 0.1) is 5.92 Å². The summed E-state index contributed by atoms with van der Waals surface area (Å²) in [7, 11) is 0. The molecule has 3 atom stereocenters. The zero-order valence-corrected chi connectivity index (χ0v) is 19.9. The summed E-state index contributed by atoms with van der Waals surface area (Å²) < 4.78 is 11.0. The van der Waals surface area contributed by atoms with Crippen molar-refractivity contribution in [1.82, 2.24) is 5.32 Å². The first-order chi connectivity index (χ1) is 15.1. The molecule has 6 heteroatoms. The lowest BCUT2D eigenvalue weighted by atomic mass is 9.86. The first-order valence-electron chi connectivity index (χ1n) is 12.7. The van der Waals surface area contributed by atoms with Crippen LogP contribution in [0.3, 0.4) is 0 Å². The van der Waals surface area contributed by atoms with Crippen molar-refractivity contribution in [1.29, 1.82) is 0 Å². The van der Waals surface area contributed by atoms with Crippen LogP contribution in [0.25, 0.3) is 0 Å². The molecule has 1 aliphatic rings. The summed E-state index contributed by atoms with van der Waals surface area (Å²) in [6, 6.07) is 0. The second-order valence-electron chi connectivity index (χ2n) is 8.89. The third-order valence-electron chi connectivity index (χ3n) is 6.14. The topological polar surface area (TPSA) is 81.7 Å². The first-order valence-corrected chi connectivity index (χ1v) is 12.7. The number of cyclic esters (lactones) is 1. The Morgan fingerprint density at radius 1 is 0.968 bits per heavy atom. The maximum atomic E-state index is 12.0. The molecule has 31 heavy (non-hydrogen) atoms. The average Bonchev–Trinajstić information content (AvgIpc) is 2.75. The molecule has 1 aliphatic heterocycles. The molecular formula is C25H45NO5. The number of ether oxygens (including phenoxy) is 2. The van der Waals surface area contributed by atoms with E-state index in [2.05, 4.69) is 19.2 Å². The molecule has 0 aromatic carbocycles. The summed E-state index contributed by atoms with van der Waals surface area (Å²) in [4.78, 5) is 34.3. The molecule has 0 aromatic heterocycles. The van der Waals surface area contributed by atoms with Crippen LogP contribution in [0.2, 0.25) is 0 Å². The maximum Gasteiger partial charge on any atom is 0.325 e. The summed E-state index contributed by atoms with van der Waals surface area (Å²) in [5.74, 6) is -0.607. The van der Waals surface area contributed by atoms with Gasteiger partial charge >= 0.3 is 11.9 Å². The molecule has 180 valence electrons.